The van der Waals surface area contributed by atoms with Gasteiger partial charge in [0.25, 0.3) is 5.69 Å². The fraction of sp³-hybridized carbons (Fsp3) is 0.308. The molecule has 1 heterocycles. The second-order valence-corrected chi connectivity index (χ2v) is 5.38. The van der Waals surface area contributed by atoms with Gasteiger partial charge >= 0.3 is 0 Å². The van der Waals surface area contributed by atoms with E-state index in [9.17, 15) is 10.1 Å². The van der Waals surface area contributed by atoms with Crippen LogP contribution in [-0.2, 0) is 11.2 Å². The Morgan fingerprint density at radius 1 is 1.55 bits per heavy atom. The van der Waals surface area contributed by atoms with E-state index in [4.69, 9.17) is 10.5 Å². The monoisotopic (exact) mass is 339 g/mol. The van der Waals surface area contributed by atoms with Gasteiger partial charge in [0.1, 0.15) is 6.20 Å². The smallest absolute Gasteiger partial charge is 0.291 e. The molecule has 1 aromatic carbocycles. The molecular formula is C13H14BrN3O3. The highest BCUT2D eigenvalue weighted by molar-refractivity contribution is 9.10. The van der Waals surface area contributed by atoms with Gasteiger partial charge in [-0.3, -0.25) is 10.1 Å². The Morgan fingerprint density at radius 3 is 2.95 bits per heavy atom. The normalized spacial score (nSPS) is 12.6. The lowest BCUT2D eigenvalue weighted by Gasteiger charge is -2.12. The SMILES string of the molecule is COCC(N)Cc1c([N+](=O)[O-])cnc2ccc(Br)cc12. The van der Waals surface area contributed by atoms with Crippen molar-refractivity contribution in [2.24, 2.45) is 5.73 Å². The summed E-state index contributed by atoms with van der Waals surface area (Å²) >= 11 is 3.37. The van der Waals surface area contributed by atoms with Crippen molar-refractivity contribution in [3.05, 3.63) is 44.5 Å². The first kappa shape index (κ1) is 14.8. The Bertz CT molecular complexity index is 648. The van der Waals surface area contributed by atoms with E-state index in [1.807, 2.05) is 18.2 Å². The number of ether oxygens (including phenoxy) is 1. The zero-order valence-corrected chi connectivity index (χ0v) is 12.5. The van der Waals surface area contributed by atoms with Crippen LogP contribution in [-0.4, -0.2) is 29.7 Å². The minimum absolute atomic E-state index is 0.0119. The molecular weight excluding hydrogens is 326 g/mol. The maximum atomic E-state index is 11.2. The fourth-order valence-electron chi connectivity index (χ4n) is 2.12. The fourth-order valence-corrected chi connectivity index (χ4v) is 2.48. The molecule has 2 N–H and O–H groups in total. The first-order valence-corrected chi connectivity index (χ1v) is 6.78. The number of methoxy groups -OCH3 is 1. The molecule has 0 aliphatic carbocycles. The van der Waals surface area contributed by atoms with E-state index in [0.29, 0.717) is 24.1 Å². The standard InChI is InChI=1S/C13H14BrN3O3/c1-20-7-9(15)5-11-10-4-8(14)2-3-12(10)16-6-13(11)17(18)19/h2-4,6,9H,5,7,15H2,1H3. The highest BCUT2D eigenvalue weighted by Crippen LogP contribution is 2.29. The number of fused-ring (bicyclic) bond motifs is 1. The van der Waals surface area contributed by atoms with Crippen molar-refractivity contribution in [1.29, 1.82) is 0 Å². The number of aromatic nitrogens is 1. The van der Waals surface area contributed by atoms with Gasteiger partial charge in [-0.25, -0.2) is 4.98 Å². The molecule has 0 amide bonds. The van der Waals surface area contributed by atoms with Gasteiger partial charge in [0.15, 0.2) is 0 Å². The van der Waals surface area contributed by atoms with Crippen LogP contribution in [0.4, 0.5) is 5.69 Å². The second kappa shape index (κ2) is 6.25. The lowest BCUT2D eigenvalue weighted by atomic mass is 10.0. The predicted octanol–water partition coefficient (Wildman–Crippen LogP) is 2.42. The third kappa shape index (κ3) is 3.12. The van der Waals surface area contributed by atoms with E-state index in [0.717, 1.165) is 9.86 Å². The average molecular weight is 340 g/mol. The number of benzene rings is 1. The quantitative estimate of drug-likeness (QED) is 0.667. The Balaban J connectivity index is 2.58. The molecule has 106 valence electrons. The molecule has 0 saturated carbocycles. The van der Waals surface area contributed by atoms with Crippen LogP contribution in [0.15, 0.2) is 28.9 Å². The predicted molar refractivity (Wildman–Crippen MR) is 79.7 cm³/mol. The van der Waals surface area contributed by atoms with Crippen LogP contribution in [0.25, 0.3) is 10.9 Å². The van der Waals surface area contributed by atoms with Crippen LogP contribution in [0.2, 0.25) is 0 Å². The van der Waals surface area contributed by atoms with Crippen LogP contribution in [0.1, 0.15) is 5.56 Å². The minimum atomic E-state index is -0.428. The van der Waals surface area contributed by atoms with Crippen LogP contribution in [0.3, 0.4) is 0 Å². The topological polar surface area (TPSA) is 91.3 Å². The maximum Gasteiger partial charge on any atom is 0.291 e. The Hall–Kier alpha value is -1.57. The summed E-state index contributed by atoms with van der Waals surface area (Å²) in [6, 6.07) is 5.18. The Morgan fingerprint density at radius 2 is 2.30 bits per heavy atom. The van der Waals surface area contributed by atoms with Gasteiger partial charge in [-0.2, -0.15) is 0 Å². The van der Waals surface area contributed by atoms with E-state index in [1.165, 1.54) is 6.20 Å². The van der Waals surface area contributed by atoms with E-state index in [1.54, 1.807) is 7.11 Å². The lowest BCUT2D eigenvalue weighted by Crippen LogP contribution is -2.28. The molecule has 7 heteroatoms. The van der Waals surface area contributed by atoms with Crippen molar-refractivity contribution in [3.63, 3.8) is 0 Å². The first-order valence-electron chi connectivity index (χ1n) is 5.99. The number of rotatable bonds is 5. The molecule has 0 aliphatic heterocycles. The van der Waals surface area contributed by atoms with Crippen LogP contribution < -0.4 is 5.73 Å². The highest BCUT2D eigenvalue weighted by Gasteiger charge is 2.20. The number of nitrogens with zero attached hydrogens (tertiary/aromatic N) is 2. The van der Waals surface area contributed by atoms with Gasteiger partial charge in [0.05, 0.1) is 17.0 Å². The molecule has 6 nitrogen and oxygen atoms in total. The summed E-state index contributed by atoms with van der Waals surface area (Å²) in [7, 11) is 1.55. The van der Waals surface area contributed by atoms with Gasteiger partial charge in [-0.15, -0.1) is 0 Å². The van der Waals surface area contributed by atoms with Crippen molar-refractivity contribution in [3.8, 4) is 0 Å². The second-order valence-electron chi connectivity index (χ2n) is 4.46. The molecule has 0 saturated heterocycles. The molecule has 0 bridgehead atoms. The summed E-state index contributed by atoms with van der Waals surface area (Å²) in [4.78, 5) is 14.9. The molecule has 0 aliphatic rings. The number of hydrogen-bond acceptors (Lipinski definition) is 5. The van der Waals surface area contributed by atoms with E-state index < -0.39 is 4.92 Å². The average Bonchev–Trinajstić information content (AvgIpc) is 2.39. The van der Waals surface area contributed by atoms with Gasteiger partial charge in [0, 0.05) is 28.6 Å². The number of nitrogens with two attached hydrogens (primary N) is 1. The summed E-state index contributed by atoms with van der Waals surface area (Å²) in [5.74, 6) is 0. The van der Waals surface area contributed by atoms with Crippen molar-refractivity contribution < 1.29 is 9.66 Å². The van der Waals surface area contributed by atoms with Crippen LogP contribution in [0.5, 0.6) is 0 Å². The summed E-state index contributed by atoms with van der Waals surface area (Å²) in [5, 5.41) is 11.9. The molecule has 0 fully saturated rings. The Labute approximate surface area is 124 Å². The summed E-state index contributed by atoms with van der Waals surface area (Å²) in [6.07, 6.45) is 1.64. The van der Waals surface area contributed by atoms with Crippen molar-refractivity contribution in [2.75, 3.05) is 13.7 Å². The Kier molecular flexibility index (Phi) is 4.64. The summed E-state index contributed by atoms with van der Waals surface area (Å²) < 4.78 is 5.83. The number of halogens is 1. The van der Waals surface area contributed by atoms with Gasteiger partial charge < -0.3 is 10.5 Å². The molecule has 0 radical (unpaired) electrons. The first-order chi connectivity index (χ1) is 9.52. The molecule has 2 rings (SSSR count). The van der Waals surface area contributed by atoms with Gasteiger partial charge in [0.2, 0.25) is 0 Å². The van der Waals surface area contributed by atoms with Gasteiger partial charge in [-0.05, 0) is 24.6 Å². The minimum Gasteiger partial charge on any atom is -0.383 e. The molecule has 1 aromatic heterocycles. The molecule has 1 atom stereocenters. The zero-order chi connectivity index (χ0) is 14.7. The number of hydrogen-bond donors (Lipinski definition) is 1. The van der Waals surface area contributed by atoms with Crippen molar-refractivity contribution in [1.82, 2.24) is 4.98 Å². The van der Waals surface area contributed by atoms with E-state index in [2.05, 4.69) is 20.9 Å². The third-order valence-electron chi connectivity index (χ3n) is 2.96. The summed E-state index contributed by atoms with van der Waals surface area (Å²) in [6.45, 7) is 0.342. The van der Waals surface area contributed by atoms with Crippen molar-refractivity contribution >= 4 is 32.5 Å². The number of pyridine rings is 1. The summed E-state index contributed by atoms with van der Waals surface area (Å²) in [5.41, 5.74) is 7.22. The molecule has 0 spiro atoms. The number of nitro groups is 1. The van der Waals surface area contributed by atoms with E-state index >= 15 is 0 Å². The zero-order valence-electron chi connectivity index (χ0n) is 10.9. The molecule has 2 aromatic rings. The largest absolute Gasteiger partial charge is 0.383 e. The van der Waals surface area contributed by atoms with E-state index in [-0.39, 0.29) is 11.7 Å². The van der Waals surface area contributed by atoms with Crippen LogP contribution >= 0.6 is 15.9 Å². The third-order valence-corrected chi connectivity index (χ3v) is 3.46. The molecule has 1 unspecified atom stereocenters. The lowest BCUT2D eigenvalue weighted by molar-refractivity contribution is -0.385. The maximum absolute atomic E-state index is 11.2. The molecule has 20 heavy (non-hydrogen) atoms. The van der Waals surface area contributed by atoms with Gasteiger partial charge in [-0.1, -0.05) is 15.9 Å². The van der Waals surface area contributed by atoms with Crippen molar-refractivity contribution in [2.45, 2.75) is 12.5 Å². The highest BCUT2D eigenvalue weighted by atomic mass is 79.9. The van der Waals surface area contributed by atoms with Crippen LogP contribution in [0, 0.1) is 10.1 Å².